The van der Waals surface area contributed by atoms with E-state index in [4.69, 9.17) is 23.2 Å². The largest absolute Gasteiger partial charge is 0.335 e. The molecule has 1 aliphatic rings. The summed E-state index contributed by atoms with van der Waals surface area (Å²) in [5.74, 6) is -2.12. The van der Waals surface area contributed by atoms with E-state index in [9.17, 15) is 18.8 Å². The van der Waals surface area contributed by atoms with Crippen molar-refractivity contribution in [2.24, 2.45) is 0 Å². The van der Waals surface area contributed by atoms with Gasteiger partial charge >= 0.3 is 6.03 Å². The molecule has 2 aromatic carbocycles. The van der Waals surface area contributed by atoms with Crippen molar-refractivity contribution in [1.82, 2.24) is 9.88 Å². The number of imide groups is 2. The summed E-state index contributed by atoms with van der Waals surface area (Å²) < 4.78 is 15.2. The average Bonchev–Trinajstić information content (AvgIpc) is 3.01. The van der Waals surface area contributed by atoms with Crippen LogP contribution >= 0.6 is 23.2 Å². The van der Waals surface area contributed by atoms with Gasteiger partial charge in [0.1, 0.15) is 11.4 Å². The molecule has 0 aliphatic carbocycles. The number of aromatic nitrogens is 1. The Morgan fingerprint density at radius 3 is 2.22 bits per heavy atom. The van der Waals surface area contributed by atoms with Crippen LogP contribution in [0.3, 0.4) is 0 Å². The topological polar surface area (TPSA) is 71.4 Å². The quantitative estimate of drug-likeness (QED) is 0.421. The van der Waals surface area contributed by atoms with Crippen LogP contribution in [0.25, 0.3) is 11.8 Å². The number of hydrogen-bond acceptors (Lipinski definition) is 3. The predicted octanol–water partition coefficient (Wildman–Crippen LogP) is 5.21. The lowest BCUT2D eigenvalue weighted by atomic mass is 10.1. The molecule has 4 rings (SSSR count). The zero-order valence-electron chi connectivity index (χ0n) is 16.9. The Morgan fingerprint density at radius 1 is 0.906 bits per heavy atom. The van der Waals surface area contributed by atoms with Crippen LogP contribution in [0.5, 0.6) is 0 Å². The van der Waals surface area contributed by atoms with Gasteiger partial charge in [-0.15, -0.1) is 0 Å². The van der Waals surface area contributed by atoms with Gasteiger partial charge in [-0.2, -0.15) is 0 Å². The fraction of sp³-hybridized carbons (Fsp3) is 0.0870. The molecular formula is C23H16Cl2FN3O3. The standard InChI is InChI=1S/C23H16Cl2FN3O3/c1-12-9-14(13(2)28(12)17-7-8-19(24)20(25)11-17)10-18-21(30)27-23(32)29(22(18)31)16-5-3-15(26)4-6-16/h3-11H,1-2H3,(H,27,30,32). The summed E-state index contributed by atoms with van der Waals surface area (Å²) >= 11 is 12.2. The number of barbiturate groups is 1. The first-order valence-corrected chi connectivity index (χ1v) is 10.2. The van der Waals surface area contributed by atoms with Gasteiger partial charge in [-0.25, -0.2) is 14.1 Å². The number of anilines is 1. The molecule has 6 nitrogen and oxygen atoms in total. The van der Waals surface area contributed by atoms with Crippen molar-refractivity contribution in [3.05, 3.63) is 86.9 Å². The number of nitrogens with zero attached hydrogens (tertiary/aromatic N) is 2. The zero-order chi connectivity index (χ0) is 23.2. The van der Waals surface area contributed by atoms with Gasteiger partial charge in [-0.1, -0.05) is 23.2 Å². The molecule has 1 aromatic heterocycles. The smallest absolute Gasteiger partial charge is 0.318 e. The molecule has 162 valence electrons. The molecular weight excluding hydrogens is 456 g/mol. The maximum atomic E-state index is 13.3. The van der Waals surface area contributed by atoms with Gasteiger partial charge in [-0.05, 0) is 74.0 Å². The number of aryl methyl sites for hydroxylation is 1. The van der Waals surface area contributed by atoms with Gasteiger partial charge in [0.25, 0.3) is 11.8 Å². The molecule has 0 spiro atoms. The number of carbonyl (C=O) groups excluding carboxylic acids is 3. The zero-order valence-corrected chi connectivity index (χ0v) is 18.5. The number of halogens is 3. The summed E-state index contributed by atoms with van der Waals surface area (Å²) in [4.78, 5) is 38.6. The lowest BCUT2D eigenvalue weighted by molar-refractivity contribution is -0.122. The molecule has 1 fully saturated rings. The Balaban J connectivity index is 1.76. The summed E-state index contributed by atoms with van der Waals surface area (Å²) in [5.41, 5.74) is 2.89. The first kappa shape index (κ1) is 21.8. The third kappa shape index (κ3) is 3.81. The van der Waals surface area contributed by atoms with E-state index in [1.807, 2.05) is 24.5 Å². The lowest BCUT2D eigenvalue weighted by Gasteiger charge is -2.26. The van der Waals surface area contributed by atoms with Crippen molar-refractivity contribution in [2.45, 2.75) is 13.8 Å². The van der Waals surface area contributed by atoms with Crippen molar-refractivity contribution < 1.29 is 18.8 Å². The number of carbonyl (C=O) groups is 3. The van der Waals surface area contributed by atoms with Gasteiger partial charge < -0.3 is 4.57 Å². The normalized spacial score (nSPS) is 15.5. The van der Waals surface area contributed by atoms with E-state index >= 15 is 0 Å². The first-order chi connectivity index (χ1) is 15.2. The minimum atomic E-state index is -0.898. The molecule has 0 atom stereocenters. The third-order valence-electron chi connectivity index (χ3n) is 5.12. The Labute approximate surface area is 192 Å². The number of urea groups is 1. The Morgan fingerprint density at radius 2 is 1.56 bits per heavy atom. The van der Waals surface area contributed by atoms with Gasteiger partial charge in [0, 0.05) is 17.1 Å². The number of nitrogens with one attached hydrogen (secondary N) is 1. The fourth-order valence-corrected chi connectivity index (χ4v) is 3.89. The second kappa shape index (κ2) is 8.26. The summed E-state index contributed by atoms with van der Waals surface area (Å²) in [7, 11) is 0. The van der Waals surface area contributed by atoms with Gasteiger partial charge in [0.05, 0.1) is 15.7 Å². The molecule has 1 aliphatic heterocycles. The maximum absolute atomic E-state index is 13.3. The van der Waals surface area contributed by atoms with Crippen molar-refractivity contribution >= 4 is 52.8 Å². The highest BCUT2D eigenvalue weighted by atomic mass is 35.5. The van der Waals surface area contributed by atoms with E-state index in [1.165, 1.54) is 18.2 Å². The summed E-state index contributed by atoms with van der Waals surface area (Å²) in [6.07, 6.45) is 1.43. The van der Waals surface area contributed by atoms with Crippen LogP contribution in [0.1, 0.15) is 17.0 Å². The lowest BCUT2D eigenvalue weighted by Crippen LogP contribution is -2.54. The molecule has 0 radical (unpaired) electrons. The molecule has 0 unspecified atom stereocenters. The number of hydrogen-bond donors (Lipinski definition) is 1. The average molecular weight is 472 g/mol. The molecule has 0 saturated carbocycles. The fourth-order valence-electron chi connectivity index (χ4n) is 3.59. The van der Waals surface area contributed by atoms with Crippen LogP contribution in [0, 0.1) is 19.7 Å². The molecule has 3 aromatic rings. The summed E-state index contributed by atoms with van der Waals surface area (Å²) in [6, 6.07) is 10.9. The van der Waals surface area contributed by atoms with E-state index < -0.39 is 23.7 Å². The highest BCUT2D eigenvalue weighted by molar-refractivity contribution is 6.42. The number of rotatable bonds is 3. The van der Waals surface area contributed by atoms with Crippen LogP contribution in [-0.4, -0.2) is 22.4 Å². The van der Waals surface area contributed by atoms with Gasteiger partial charge in [0.2, 0.25) is 0 Å². The van der Waals surface area contributed by atoms with Crippen molar-refractivity contribution in [3.63, 3.8) is 0 Å². The van der Waals surface area contributed by atoms with E-state index in [0.29, 0.717) is 15.6 Å². The Bertz CT molecular complexity index is 1310. The summed E-state index contributed by atoms with van der Waals surface area (Å²) in [6.45, 7) is 3.70. The number of benzene rings is 2. The van der Waals surface area contributed by atoms with Crippen LogP contribution in [-0.2, 0) is 9.59 Å². The molecule has 4 amide bonds. The van der Waals surface area contributed by atoms with Crippen LogP contribution < -0.4 is 10.2 Å². The van der Waals surface area contributed by atoms with Crippen molar-refractivity contribution in [2.75, 3.05) is 4.90 Å². The molecule has 32 heavy (non-hydrogen) atoms. The minimum Gasteiger partial charge on any atom is -0.318 e. The predicted molar refractivity (Wildman–Crippen MR) is 121 cm³/mol. The van der Waals surface area contributed by atoms with Crippen molar-refractivity contribution in [3.8, 4) is 5.69 Å². The second-order valence-corrected chi connectivity index (χ2v) is 8.01. The first-order valence-electron chi connectivity index (χ1n) is 9.49. The SMILES string of the molecule is Cc1cc(C=C2C(=O)NC(=O)N(c3ccc(F)cc3)C2=O)c(C)n1-c1ccc(Cl)c(Cl)c1. The van der Waals surface area contributed by atoms with Gasteiger partial charge in [-0.3, -0.25) is 14.9 Å². The van der Waals surface area contributed by atoms with E-state index in [2.05, 4.69) is 5.32 Å². The Hall–Kier alpha value is -3.42. The number of amides is 4. The second-order valence-electron chi connectivity index (χ2n) is 7.19. The van der Waals surface area contributed by atoms with Crippen LogP contribution in [0.15, 0.2) is 54.1 Å². The highest BCUT2D eigenvalue weighted by Crippen LogP contribution is 2.29. The highest BCUT2D eigenvalue weighted by Gasteiger charge is 2.37. The van der Waals surface area contributed by atoms with E-state index in [0.717, 1.165) is 34.1 Å². The molecule has 2 heterocycles. The summed E-state index contributed by atoms with van der Waals surface area (Å²) in [5, 5.41) is 2.98. The molecule has 1 N–H and O–H groups in total. The monoisotopic (exact) mass is 471 g/mol. The van der Waals surface area contributed by atoms with Crippen LogP contribution in [0.4, 0.5) is 14.9 Å². The Kier molecular flexibility index (Phi) is 5.62. The maximum Gasteiger partial charge on any atom is 0.335 e. The third-order valence-corrected chi connectivity index (χ3v) is 5.86. The van der Waals surface area contributed by atoms with Crippen LogP contribution in [0.2, 0.25) is 10.0 Å². The van der Waals surface area contributed by atoms with E-state index in [1.54, 1.807) is 18.2 Å². The molecule has 9 heteroatoms. The van der Waals surface area contributed by atoms with Crippen molar-refractivity contribution in [1.29, 1.82) is 0 Å². The minimum absolute atomic E-state index is 0.147. The van der Waals surface area contributed by atoms with Gasteiger partial charge in [0.15, 0.2) is 0 Å². The molecule has 1 saturated heterocycles. The van der Waals surface area contributed by atoms with E-state index in [-0.39, 0.29) is 11.3 Å². The molecule has 0 bridgehead atoms.